The monoisotopic (exact) mass is 286 g/mol. The van der Waals surface area contributed by atoms with Gasteiger partial charge in [0.25, 0.3) is 0 Å². The molecule has 3 N–H and O–H groups in total. The van der Waals surface area contributed by atoms with E-state index in [2.05, 4.69) is 5.32 Å². The molecule has 0 aliphatic rings. The lowest BCUT2D eigenvalue weighted by atomic mass is 10.1. The SMILES string of the molecule is CC(C)(C)OC(=O)NCC(N)Cc1cc(F)cc(F)c1. The molecule has 0 bridgehead atoms. The van der Waals surface area contributed by atoms with E-state index in [4.69, 9.17) is 10.5 Å². The Bertz CT molecular complexity index is 452. The minimum atomic E-state index is -0.646. The van der Waals surface area contributed by atoms with Crippen molar-refractivity contribution >= 4 is 6.09 Å². The lowest BCUT2D eigenvalue weighted by Crippen LogP contribution is -2.41. The van der Waals surface area contributed by atoms with Crippen molar-refractivity contribution in [3.8, 4) is 0 Å². The molecule has 112 valence electrons. The zero-order valence-corrected chi connectivity index (χ0v) is 11.9. The third kappa shape index (κ3) is 6.47. The molecule has 0 saturated heterocycles. The lowest BCUT2D eigenvalue weighted by Gasteiger charge is -2.20. The Labute approximate surface area is 117 Å². The molecule has 1 aromatic carbocycles. The number of carbonyl (C=O) groups is 1. The predicted octanol–water partition coefficient (Wildman–Crippen LogP) is 2.36. The summed E-state index contributed by atoms with van der Waals surface area (Å²) in [6.45, 7) is 5.42. The average molecular weight is 286 g/mol. The Balaban J connectivity index is 2.44. The maximum absolute atomic E-state index is 13.0. The zero-order chi connectivity index (χ0) is 15.3. The first kappa shape index (κ1) is 16.4. The van der Waals surface area contributed by atoms with E-state index in [-0.39, 0.29) is 13.0 Å². The van der Waals surface area contributed by atoms with Crippen molar-refractivity contribution in [1.82, 2.24) is 5.32 Å². The van der Waals surface area contributed by atoms with Crippen LogP contribution in [0.3, 0.4) is 0 Å². The quantitative estimate of drug-likeness (QED) is 0.893. The summed E-state index contributed by atoms with van der Waals surface area (Å²) in [7, 11) is 0. The fraction of sp³-hybridized carbons (Fsp3) is 0.500. The first-order valence-corrected chi connectivity index (χ1v) is 6.33. The normalized spacial score (nSPS) is 12.9. The van der Waals surface area contributed by atoms with Gasteiger partial charge in [-0.25, -0.2) is 13.6 Å². The molecule has 1 aromatic rings. The van der Waals surface area contributed by atoms with E-state index < -0.39 is 29.4 Å². The van der Waals surface area contributed by atoms with Crippen molar-refractivity contribution in [2.45, 2.75) is 38.8 Å². The summed E-state index contributed by atoms with van der Waals surface area (Å²) >= 11 is 0. The van der Waals surface area contributed by atoms with Crippen LogP contribution < -0.4 is 11.1 Å². The fourth-order valence-electron chi connectivity index (χ4n) is 1.63. The van der Waals surface area contributed by atoms with E-state index in [9.17, 15) is 13.6 Å². The number of nitrogens with one attached hydrogen (secondary N) is 1. The van der Waals surface area contributed by atoms with E-state index in [0.29, 0.717) is 5.56 Å². The highest BCUT2D eigenvalue weighted by Crippen LogP contribution is 2.10. The molecule has 1 amide bonds. The number of hydrogen-bond acceptors (Lipinski definition) is 3. The Morgan fingerprint density at radius 3 is 2.35 bits per heavy atom. The highest BCUT2D eigenvalue weighted by molar-refractivity contribution is 5.67. The lowest BCUT2D eigenvalue weighted by molar-refractivity contribution is 0.0524. The molecule has 0 aliphatic heterocycles. The topological polar surface area (TPSA) is 64.3 Å². The van der Waals surface area contributed by atoms with Crippen molar-refractivity contribution < 1.29 is 18.3 Å². The second-order valence-corrected chi connectivity index (χ2v) is 5.62. The van der Waals surface area contributed by atoms with Gasteiger partial charge in [-0.3, -0.25) is 0 Å². The number of hydrogen-bond donors (Lipinski definition) is 2. The predicted molar refractivity (Wildman–Crippen MR) is 72.3 cm³/mol. The molecule has 0 heterocycles. The molecular weight excluding hydrogens is 266 g/mol. The molecule has 6 heteroatoms. The van der Waals surface area contributed by atoms with Crippen LogP contribution >= 0.6 is 0 Å². The first-order valence-electron chi connectivity index (χ1n) is 6.33. The molecule has 0 saturated carbocycles. The van der Waals surface area contributed by atoms with Crippen LogP contribution in [0.4, 0.5) is 13.6 Å². The highest BCUT2D eigenvalue weighted by Gasteiger charge is 2.16. The Hall–Kier alpha value is -1.69. The molecule has 0 aromatic heterocycles. The zero-order valence-electron chi connectivity index (χ0n) is 11.9. The van der Waals surface area contributed by atoms with Crippen molar-refractivity contribution in [2.24, 2.45) is 5.73 Å². The number of rotatable bonds is 4. The molecule has 1 unspecified atom stereocenters. The average Bonchev–Trinajstić information content (AvgIpc) is 2.22. The van der Waals surface area contributed by atoms with Crippen LogP contribution in [-0.2, 0) is 11.2 Å². The van der Waals surface area contributed by atoms with Gasteiger partial charge in [0.2, 0.25) is 0 Å². The van der Waals surface area contributed by atoms with E-state index in [0.717, 1.165) is 6.07 Å². The summed E-state index contributed by atoms with van der Waals surface area (Å²) in [5.74, 6) is -1.29. The Kier molecular flexibility index (Phi) is 5.44. The van der Waals surface area contributed by atoms with Gasteiger partial charge in [0.15, 0.2) is 0 Å². The van der Waals surface area contributed by atoms with Crippen LogP contribution in [0.25, 0.3) is 0 Å². The van der Waals surface area contributed by atoms with Gasteiger partial charge in [-0.1, -0.05) is 0 Å². The summed E-state index contributed by atoms with van der Waals surface area (Å²) in [6.07, 6.45) is -0.317. The maximum atomic E-state index is 13.0. The second-order valence-electron chi connectivity index (χ2n) is 5.62. The van der Waals surface area contributed by atoms with Crippen molar-refractivity contribution in [2.75, 3.05) is 6.54 Å². The van der Waals surface area contributed by atoms with Gasteiger partial charge in [-0.15, -0.1) is 0 Å². The third-order valence-electron chi connectivity index (χ3n) is 2.33. The Morgan fingerprint density at radius 1 is 1.30 bits per heavy atom. The minimum Gasteiger partial charge on any atom is -0.444 e. The smallest absolute Gasteiger partial charge is 0.407 e. The maximum Gasteiger partial charge on any atom is 0.407 e. The van der Waals surface area contributed by atoms with Gasteiger partial charge in [-0.05, 0) is 44.9 Å². The standard InChI is InChI=1S/C14H20F2N2O2/c1-14(2,3)20-13(19)18-8-12(17)6-9-4-10(15)7-11(16)5-9/h4-5,7,12H,6,8,17H2,1-3H3,(H,18,19). The van der Waals surface area contributed by atoms with Crippen LogP contribution in [0, 0.1) is 11.6 Å². The number of benzene rings is 1. The Morgan fingerprint density at radius 2 is 1.85 bits per heavy atom. The van der Waals surface area contributed by atoms with Crippen LogP contribution in [0.2, 0.25) is 0 Å². The molecule has 20 heavy (non-hydrogen) atoms. The number of halogens is 2. The van der Waals surface area contributed by atoms with Crippen LogP contribution in [0.15, 0.2) is 18.2 Å². The molecule has 0 fully saturated rings. The summed E-state index contributed by atoms with van der Waals surface area (Å²) in [6, 6.07) is 2.78. The highest BCUT2D eigenvalue weighted by atomic mass is 19.1. The number of carbonyl (C=O) groups excluding carboxylic acids is 1. The number of nitrogens with two attached hydrogens (primary N) is 1. The van der Waals surface area contributed by atoms with E-state index in [1.54, 1.807) is 20.8 Å². The van der Waals surface area contributed by atoms with E-state index >= 15 is 0 Å². The summed E-state index contributed by atoms with van der Waals surface area (Å²) < 4.78 is 31.1. The molecule has 0 radical (unpaired) electrons. The summed E-state index contributed by atoms with van der Waals surface area (Å²) in [4.78, 5) is 11.4. The third-order valence-corrected chi connectivity index (χ3v) is 2.33. The second kappa shape index (κ2) is 6.65. The molecule has 4 nitrogen and oxygen atoms in total. The van der Waals surface area contributed by atoms with Crippen LogP contribution in [-0.4, -0.2) is 24.3 Å². The molecule has 1 rings (SSSR count). The van der Waals surface area contributed by atoms with Gasteiger partial charge >= 0.3 is 6.09 Å². The van der Waals surface area contributed by atoms with Crippen LogP contribution in [0.5, 0.6) is 0 Å². The minimum absolute atomic E-state index is 0.160. The summed E-state index contributed by atoms with van der Waals surface area (Å²) in [5, 5.41) is 2.51. The van der Waals surface area contributed by atoms with E-state index in [1.807, 2.05) is 0 Å². The van der Waals surface area contributed by atoms with Gasteiger partial charge in [0.05, 0.1) is 0 Å². The number of ether oxygens (including phenoxy) is 1. The largest absolute Gasteiger partial charge is 0.444 e. The molecule has 0 aliphatic carbocycles. The van der Waals surface area contributed by atoms with E-state index in [1.165, 1.54) is 12.1 Å². The first-order chi connectivity index (χ1) is 9.15. The van der Waals surface area contributed by atoms with Crippen molar-refractivity contribution in [1.29, 1.82) is 0 Å². The van der Waals surface area contributed by atoms with Crippen molar-refractivity contribution in [3.63, 3.8) is 0 Å². The van der Waals surface area contributed by atoms with Gasteiger partial charge in [0, 0.05) is 18.7 Å². The molecular formula is C14H20F2N2O2. The molecule has 0 spiro atoms. The van der Waals surface area contributed by atoms with Crippen molar-refractivity contribution in [3.05, 3.63) is 35.4 Å². The summed E-state index contributed by atoms with van der Waals surface area (Å²) in [5.41, 5.74) is 5.66. The van der Waals surface area contributed by atoms with Crippen LogP contribution in [0.1, 0.15) is 26.3 Å². The number of alkyl carbamates (subject to hydrolysis) is 1. The number of amides is 1. The molecule has 1 atom stereocenters. The van der Waals surface area contributed by atoms with Gasteiger partial charge in [0.1, 0.15) is 17.2 Å². The van der Waals surface area contributed by atoms with Gasteiger partial charge < -0.3 is 15.8 Å². The fourth-order valence-corrected chi connectivity index (χ4v) is 1.63. The van der Waals surface area contributed by atoms with Gasteiger partial charge in [-0.2, -0.15) is 0 Å².